The summed E-state index contributed by atoms with van der Waals surface area (Å²) >= 11 is 1.69. The molecule has 0 amide bonds. The number of nitrogens with one attached hydrogen (secondary N) is 1. The molecule has 0 bridgehead atoms. The average Bonchev–Trinajstić information content (AvgIpc) is 2.86. The standard InChI is InChI=1S/C15H27NO2S/c1-11(2)7-12(3)18-9-15(17)8-16-13(4)14-5-6-19-10-14/h5-6,10-13,15-17H,7-9H2,1-4H3. The molecule has 3 unspecified atom stereocenters. The number of ether oxygens (including phenoxy) is 1. The van der Waals surface area contributed by atoms with Crippen molar-refractivity contribution in [2.75, 3.05) is 13.2 Å². The molecule has 0 aliphatic carbocycles. The van der Waals surface area contributed by atoms with E-state index >= 15 is 0 Å². The molecule has 3 atom stereocenters. The molecule has 110 valence electrons. The molecule has 0 radical (unpaired) electrons. The van der Waals surface area contributed by atoms with Gasteiger partial charge >= 0.3 is 0 Å². The molecule has 0 aromatic carbocycles. The third kappa shape index (κ3) is 7.06. The lowest BCUT2D eigenvalue weighted by molar-refractivity contribution is -0.00914. The highest BCUT2D eigenvalue weighted by Gasteiger charge is 2.11. The van der Waals surface area contributed by atoms with E-state index in [1.54, 1.807) is 11.3 Å². The molecule has 1 heterocycles. The number of hydrogen-bond acceptors (Lipinski definition) is 4. The zero-order valence-electron chi connectivity index (χ0n) is 12.4. The molecule has 3 nitrogen and oxygen atoms in total. The van der Waals surface area contributed by atoms with Crippen LogP contribution in [0.5, 0.6) is 0 Å². The molecule has 4 heteroatoms. The topological polar surface area (TPSA) is 41.5 Å². The number of aliphatic hydroxyl groups excluding tert-OH is 1. The summed E-state index contributed by atoms with van der Waals surface area (Å²) in [5.41, 5.74) is 1.27. The van der Waals surface area contributed by atoms with Crippen molar-refractivity contribution in [2.24, 2.45) is 5.92 Å². The molecular formula is C15H27NO2S. The summed E-state index contributed by atoms with van der Waals surface area (Å²) < 4.78 is 5.65. The second-order valence-corrected chi connectivity index (χ2v) is 6.39. The van der Waals surface area contributed by atoms with Crippen molar-refractivity contribution in [3.8, 4) is 0 Å². The van der Waals surface area contributed by atoms with Gasteiger partial charge in [0.2, 0.25) is 0 Å². The number of thiophene rings is 1. The summed E-state index contributed by atoms with van der Waals surface area (Å²) in [7, 11) is 0. The zero-order chi connectivity index (χ0) is 14.3. The van der Waals surface area contributed by atoms with Crippen LogP contribution < -0.4 is 5.32 Å². The lowest BCUT2D eigenvalue weighted by Gasteiger charge is -2.20. The van der Waals surface area contributed by atoms with Crippen molar-refractivity contribution >= 4 is 11.3 Å². The number of aliphatic hydroxyl groups is 1. The third-order valence-corrected chi connectivity index (χ3v) is 3.78. The molecule has 19 heavy (non-hydrogen) atoms. The number of hydrogen-bond donors (Lipinski definition) is 2. The van der Waals surface area contributed by atoms with Gasteiger partial charge in [-0.15, -0.1) is 0 Å². The summed E-state index contributed by atoms with van der Waals surface area (Å²) in [4.78, 5) is 0. The molecule has 1 rings (SSSR count). The van der Waals surface area contributed by atoms with Crippen LogP contribution in [-0.4, -0.2) is 30.5 Å². The van der Waals surface area contributed by atoms with Crippen molar-refractivity contribution in [3.05, 3.63) is 22.4 Å². The van der Waals surface area contributed by atoms with Gasteiger partial charge in [-0.3, -0.25) is 0 Å². The van der Waals surface area contributed by atoms with Crippen molar-refractivity contribution < 1.29 is 9.84 Å². The summed E-state index contributed by atoms with van der Waals surface area (Å²) in [5.74, 6) is 0.629. The van der Waals surface area contributed by atoms with Crippen LogP contribution in [-0.2, 0) is 4.74 Å². The van der Waals surface area contributed by atoms with Crippen molar-refractivity contribution in [1.82, 2.24) is 5.32 Å². The highest BCUT2D eigenvalue weighted by atomic mass is 32.1. The molecule has 0 saturated carbocycles. The van der Waals surface area contributed by atoms with Gasteiger partial charge < -0.3 is 15.2 Å². The second kappa shape index (κ2) is 8.69. The first-order chi connectivity index (χ1) is 8.99. The van der Waals surface area contributed by atoms with Gasteiger partial charge in [0.15, 0.2) is 0 Å². The molecule has 0 aliphatic heterocycles. The van der Waals surface area contributed by atoms with E-state index in [4.69, 9.17) is 4.74 Å². The Morgan fingerprint density at radius 1 is 1.32 bits per heavy atom. The fraction of sp³-hybridized carbons (Fsp3) is 0.733. The third-order valence-electron chi connectivity index (χ3n) is 3.08. The fourth-order valence-electron chi connectivity index (χ4n) is 2.02. The Hall–Kier alpha value is -0.420. The molecule has 0 aliphatic rings. The maximum Gasteiger partial charge on any atom is 0.0898 e. The van der Waals surface area contributed by atoms with Gasteiger partial charge in [0.25, 0.3) is 0 Å². The van der Waals surface area contributed by atoms with E-state index in [1.807, 2.05) is 0 Å². The van der Waals surface area contributed by atoms with E-state index in [9.17, 15) is 5.11 Å². The lowest BCUT2D eigenvalue weighted by Crippen LogP contribution is -2.33. The van der Waals surface area contributed by atoms with Crippen LogP contribution in [0.25, 0.3) is 0 Å². The highest BCUT2D eigenvalue weighted by molar-refractivity contribution is 7.07. The first-order valence-corrected chi connectivity index (χ1v) is 7.98. The molecular weight excluding hydrogens is 258 g/mol. The Morgan fingerprint density at radius 2 is 2.05 bits per heavy atom. The van der Waals surface area contributed by atoms with Gasteiger partial charge in [0, 0.05) is 12.6 Å². The minimum atomic E-state index is -0.448. The molecule has 0 fully saturated rings. The maximum atomic E-state index is 9.89. The van der Waals surface area contributed by atoms with Gasteiger partial charge in [-0.2, -0.15) is 11.3 Å². The van der Waals surface area contributed by atoms with Crippen LogP contribution in [0.3, 0.4) is 0 Å². The average molecular weight is 285 g/mol. The quantitative estimate of drug-likeness (QED) is 0.732. The van der Waals surface area contributed by atoms with E-state index in [0.717, 1.165) is 6.42 Å². The monoisotopic (exact) mass is 285 g/mol. The molecule has 0 spiro atoms. The Balaban J connectivity index is 2.15. The summed E-state index contributed by atoms with van der Waals surface area (Å²) in [6, 6.07) is 2.38. The SMILES string of the molecule is CC(C)CC(C)OCC(O)CNC(C)c1ccsc1. The van der Waals surface area contributed by atoms with Crippen LogP contribution in [0, 0.1) is 5.92 Å². The molecule has 1 aromatic heterocycles. The van der Waals surface area contributed by atoms with Crippen molar-refractivity contribution in [3.63, 3.8) is 0 Å². The first kappa shape index (κ1) is 16.6. The van der Waals surface area contributed by atoms with E-state index in [0.29, 0.717) is 19.1 Å². The highest BCUT2D eigenvalue weighted by Crippen LogP contribution is 2.15. The first-order valence-electron chi connectivity index (χ1n) is 7.04. The lowest BCUT2D eigenvalue weighted by atomic mass is 10.1. The summed E-state index contributed by atoms with van der Waals surface area (Å²) in [6.45, 7) is 9.49. The number of rotatable bonds is 9. The predicted octanol–water partition coefficient (Wildman–Crippen LogP) is 3.21. The van der Waals surface area contributed by atoms with Crippen LogP contribution in [0.2, 0.25) is 0 Å². The van der Waals surface area contributed by atoms with Gasteiger partial charge in [0.1, 0.15) is 0 Å². The van der Waals surface area contributed by atoms with E-state index in [2.05, 4.69) is 49.8 Å². The smallest absolute Gasteiger partial charge is 0.0898 e. The molecule has 1 aromatic rings. The van der Waals surface area contributed by atoms with E-state index < -0.39 is 6.10 Å². The van der Waals surface area contributed by atoms with Crippen LogP contribution >= 0.6 is 11.3 Å². The minimum Gasteiger partial charge on any atom is -0.389 e. The maximum absolute atomic E-state index is 9.89. The Kier molecular flexibility index (Phi) is 7.61. The zero-order valence-corrected chi connectivity index (χ0v) is 13.2. The summed E-state index contributed by atoms with van der Waals surface area (Å²) in [5, 5.41) is 17.4. The van der Waals surface area contributed by atoms with Gasteiger partial charge in [-0.25, -0.2) is 0 Å². The van der Waals surface area contributed by atoms with Gasteiger partial charge in [0.05, 0.1) is 18.8 Å². The van der Waals surface area contributed by atoms with E-state index in [-0.39, 0.29) is 12.1 Å². The van der Waals surface area contributed by atoms with Gasteiger partial charge in [-0.1, -0.05) is 13.8 Å². The predicted molar refractivity (Wildman–Crippen MR) is 81.6 cm³/mol. The minimum absolute atomic E-state index is 0.212. The van der Waals surface area contributed by atoms with Crippen LogP contribution in [0.1, 0.15) is 45.7 Å². The molecule has 2 N–H and O–H groups in total. The Bertz CT molecular complexity index is 327. The normalized spacial score (nSPS) is 16.5. The van der Waals surface area contributed by atoms with Crippen LogP contribution in [0.15, 0.2) is 16.8 Å². The second-order valence-electron chi connectivity index (χ2n) is 5.61. The van der Waals surface area contributed by atoms with Crippen LogP contribution in [0.4, 0.5) is 0 Å². The Morgan fingerprint density at radius 3 is 2.63 bits per heavy atom. The largest absolute Gasteiger partial charge is 0.389 e. The van der Waals surface area contributed by atoms with Crippen molar-refractivity contribution in [1.29, 1.82) is 0 Å². The Labute approximate surface area is 121 Å². The molecule has 0 saturated heterocycles. The van der Waals surface area contributed by atoms with Crippen molar-refractivity contribution in [2.45, 2.75) is 52.4 Å². The van der Waals surface area contributed by atoms with E-state index in [1.165, 1.54) is 5.56 Å². The summed E-state index contributed by atoms with van der Waals surface area (Å²) in [6.07, 6.45) is 0.797. The fourth-order valence-corrected chi connectivity index (χ4v) is 2.77. The van der Waals surface area contributed by atoms with Gasteiger partial charge in [-0.05, 0) is 48.6 Å².